The number of aromatic nitrogens is 4. The van der Waals surface area contributed by atoms with E-state index in [2.05, 4.69) is 9.97 Å². The van der Waals surface area contributed by atoms with Gasteiger partial charge in [-0.25, -0.2) is 14.8 Å². The summed E-state index contributed by atoms with van der Waals surface area (Å²) in [5.74, 6) is 0. The van der Waals surface area contributed by atoms with Crippen LogP contribution in [0.4, 0.5) is 0 Å². The standard InChI is InChI=1S/C11H14N4O2/c1-11(2,3)15-9(16)8-7(5-12-6-13-8)14(4)10(15)17/h5-6H,1-4H3. The molecule has 0 saturated heterocycles. The third-order valence-corrected chi connectivity index (χ3v) is 2.61. The van der Waals surface area contributed by atoms with E-state index in [4.69, 9.17) is 0 Å². The Hall–Kier alpha value is -1.98. The van der Waals surface area contributed by atoms with Gasteiger partial charge in [0, 0.05) is 12.6 Å². The van der Waals surface area contributed by atoms with Gasteiger partial charge in [0.15, 0.2) is 5.52 Å². The van der Waals surface area contributed by atoms with Crippen LogP contribution in [0.15, 0.2) is 22.1 Å². The van der Waals surface area contributed by atoms with Gasteiger partial charge < -0.3 is 0 Å². The van der Waals surface area contributed by atoms with Crippen molar-refractivity contribution in [3.63, 3.8) is 0 Å². The quantitative estimate of drug-likeness (QED) is 0.655. The largest absolute Gasteiger partial charge is 0.331 e. The zero-order valence-electron chi connectivity index (χ0n) is 10.3. The van der Waals surface area contributed by atoms with Crippen molar-refractivity contribution in [2.75, 3.05) is 0 Å². The summed E-state index contributed by atoms with van der Waals surface area (Å²) >= 11 is 0. The molecule has 2 heterocycles. The molecule has 0 spiro atoms. The summed E-state index contributed by atoms with van der Waals surface area (Å²) in [6, 6.07) is 0. The molecule has 6 heteroatoms. The lowest BCUT2D eigenvalue weighted by atomic mass is 10.1. The molecule has 0 unspecified atom stereocenters. The van der Waals surface area contributed by atoms with Crippen molar-refractivity contribution in [2.24, 2.45) is 7.05 Å². The first kappa shape index (κ1) is 11.5. The Kier molecular flexibility index (Phi) is 2.38. The van der Waals surface area contributed by atoms with E-state index in [1.54, 1.807) is 7.05 Å². The second kappa shape index (κ2) is 3.51. The zero-order chi connectivity index (χ0) is 12.8. The molecular formula is C11H14N4O2. The first-order valence-corrected chi connectivity index (χ1v) is 5.26. The third kappa shape index (κ3) is 1.65. The van der Waals surface area contributed by atoms with E-state index in [0.717, 1.165) is 0 Å². The van der Waals surface area contributed by atoms with Crippen LogP contribution in [-0.4, -0.2) is 19.1 Å². The van der Waals surface area contributed by atoms with Crippen molar-refractivity contribution in [3.05, 3.63) is 33.4 Å². The molecule has 0 aromatic carbocycles. The Morgan fingerprint density at radius 1 is 1.24 bits per heavy atom. The zero-order valence-corrected chi connectivity index (χ0v) is 10.3. The number of hydrogen-bond acceptors (Lipinski definition) is 4. The van der Waals surface area contributed by atoms with Gasteiger partial charge >= 0.3 is 5.69 Å². The van der Waals surface area contributed by atoms with Gasteiger partial charge in [-0.15, -0.1) is 0 Å². The lowest BCUT2D eigenvalue weighted by molar-refractivity contribution is 0.362. The molecule has 90 valence electrons. The molecule has 2 aromatic rings. The highest BCUT2D eigenvalue weighted by atomic mass is 16.2. The van der Waals surface area contributed by atoms with Crippen molar-refractivity contribution in [1.82, 2.24) is 19.1 Å². The van der Waals surface area contributed by atoms with Gasteiger partial charge in [-0.1, -0.05) is 0 Å². The minimum absolute atomic E-state index is 0.261. The summed E-state index contributed by atoms with van der Waals surface area (Å²) < 4.78 is 2.60. The fourth-order valence-corrected chi connectivity index (χ4v) is 1.77. The summed E-state index contributed by atoms with van der Waals surface area (Å²) in [5.41, 5.74) is -0.603. The van der Waals surface area contributed by atoms with Gasteiger partial charge in [-0.3, -0.25) is 13.9 Å². The van der Waals surface area contributed by atoms with Crippen LogP contribution >= 0.6 is 0 Å². The van der Waals surface area contributed by atoms with Crippen LogP contribution < -0.4 is 11.2 Å². The molecule has 0 atom stereocenters. The van der Waals surface area contributed by atoms with E-state index in [-0.39, 0.29) is 16.8 Å². The Morgan fingerprint density at radius 3 is 2.47 bits per heavy atom. The molecule has 0 bridgehead atoms. The van der Waals surface area contributed by atoms with Crippen LogP contribution in [-0.2, 0) is 12.6 Å². The molecule has 0 aliphatic carbocycles. The average Bonchev–Trinajstić information content (AvgIpc) is 2.24. The van der Waals surface area contributed by atoms with E-state index in [1.165, 1.54) is 21.7 Å². The highest BCUT2D eigenvalue weighted by Gasteiger charge is 2.21. The SMILES string of the molecule is Cn1c(=O)n(C(C)(C)C)c(=O)c2ncncc21. The molecule has 0 aliphatic rings. The van der Waals surface area contributed by atoms with E-state index in [9.17, 15) is 9.59 Å². The van der Waals surface area contributed by atoms with Crippen LogP contribution in [0.1, 0.15) is 20.8 Å². The number of fused-ring (bicyclic) bond motifs is 1. The van der Waals surface area contributed by atoms with E-state index < -0.39 is 5.54 Å². The van der Waals surface area contributed by atoms with Crippen LogP contribution in [0.2, 0.25) is 0 Å². The van der Waals surface area contributed by atoms with Gasteiger partial charge in [0.2, 0.25) is 0 Å². The minimum Gasteiger partial charge on any atom is -0.293 e. The lowest BCUT2D eigenvalue weighted by Crippen LogP contribution is -2.47. The van der Waals surface area contributed by atoms with Gasteiger partial charge in [0.1, 0.15) is 6.33 Å². The Bertz CT molecular complexity index is 691. The third-order valence-electron chi connectivity index (χ3n) is 2.61. The van der Waals surface area contributed by atoms with Gasteiger partial charge in [-0.05, 0) is 20.8 Å². The predicted molar refractivity (Wildman–Crippen MR) is 64.0 cm³/mol. The van der Waals surface area contributed by atoms with E-state index in [1.807, 2.05) is 20.8 Å². The minimum atomic E-state index is -0.578. The molecule has 0 saturated carbocycles. The maximum Gasteiger partial charge on any atom is 0.331 e. The molecule has 0 fully saturated rings. The highest BCUT2D eigenvalue weighted by Crippen LogP contribution is 2.09. The van der Waals surface area contributed by atoms with E-state index in [0.29, 0.717) is 5.52 Å². The summed E-state index contributed by atoms with van der Waals surface area (Å²) in [6.07, 6.45) is 2.78. The monoisotopic (exact) mass is 234 g/mol. The number of rotatable bonds is 0. The van der Waals surface area contributed by atoms with Crippen molar-refractivity contribution >= 4 is 11.0 Å². The lowest BCUT2D eigenvalue weighted by Gasteiger charge is -2.22. The number of aryl methyl sites for hydroxylation is 1. The average molecular weight is 234 g/mol. The summed E-state index contributed by atoms with van der Waals surface area (Å²) in [4.78, 5) is 32.1. The summed E-state index contributed by atoms with van der Waals surface area (Å²) in [7, 11) is 1.61. The topological polar surface area (TPSA) is 69.8 Å². The van der Waals surface area contributed by atoms with Crippen molar-refractivity contribution in [1.29, 1.82) is 0 Å². The van der Waals surface area contributed by atoms with Crippen LogP contribution in [0, 0.1) is 0 Å². The number of nitrogens with zero attached hydrogens (tertiary/aromatic N) is 4. The fraction of sp³-hybridized carbons (Fsp3) is 0.455. The maximum atomic E-state index is 12.2. The van der Waals surface area contributed by atoms with Crippen LogP contribution in [0.3, 0.4) is 0 Å². The summed E-state index contributed by atoms with van der Waals surface area (Å²) in [6.45, 7) is 5.43. The van der Waals surface area contributed by atoms with Crippen LogP contribution in [0.25, 0.3) is 11.0 Å². The second-order valence-corrected chi connectivity index (χ2v) is 4.91. The predicted octanol–water partition coefficient (Wildman–Crippen LogP) is 0.245. The molecular weight excluding hydrogens is 220 g/mol. The van der Waals surface area contributed by atoms with Gasteiger partial charge in [0.25, 0.3) is 5.56 Å². The molecule has 0 aliphatic heterocycles. The highest BCUT2D eigenvalue weighted by molar-refractivity contribution is 5.71. The molecule has 0 N–H and O–H groups in total. The van der Waals surface area contributed by atoms with Crippen molar-refractivity contribution < 1.29 is 0 Å². The first-order valence-electron chi connectivity index (χ1n) is 5.26. The normalized spacial score (nSPS) is 12.0. The van der Waals surface area contributed by atoms with Crippen molar-refractivity contribution in [3.8, 4) is 0 Å². The van der Waals surface area contributed by atoms with E-state index >= 15 is 0 Å². The Balaban J connectivity index is 3.09. The fourth-order valence-electron chi connectivity index (χ4n) is 1.77. The first-order chi connectivity index (χ1) is 7.84. The Labute approximate surface area is 97.6 Å². The Morgan fingerprint density at radius 2 is 1.88 bits per heavy atom. The van der Waals surface area contributed by atoms with Gasteiger partial charge in [-0.2, -0.15) is 0 Å². The molecule has 0 radical (unpaired) electrons. The molecule has 2 rings (SSSR count). The van der Waals surface area contributed by atoms with Gasteiger partial charge in [0.05, 0.1) is 11.7 Å². The smallest absolute Gasteiger partial charge is 0.293 e. The molecule has 0 amide bonds. The number of hydrogen-bond donors (Lipinski definition) is 0. The molecule has 6 nitrogen and oxygen atoms in total. The summed E-state index contributed by atoms with van der Waals surface area (Å²) in [5, 5.41) is 0. The van der Waals surface area contributed by atoms with Crippen molar-refractivity contribution in [2.45, 2.75) is 26.3 Å². The second-order valence-electron chi connectivity index (χ2n) is 4.91. The maximum absolute atomic E-state index is 12.2. The molecule has 17 heavy (non-hydrogen) atoms. The van der Waals surface area contributed by atoms with Crippen LogP contribution in [0.5, 0.6) is 0 Å². The molecule has 2 aromatic heterocycles.